The van der Waals surface area contributed by atoms with Crippen LogP contribution in [0.3, 0.4) is 0 Å². The van der Waals surface area contributed by atoms with E-state index in [-0.39, 0.29) is 0 Å². The molecular formula is C14H19F3N2. The molecular weight excluding hydrogens is 253 g/mol. The van der Waals surface area contributed by atoms with E-state index < -0.39 is 11.7 Å². The van der Waals surface area contributed by atoms with Crippen LogP contribution in [0, 0.1) is 5.92 Å². The van der Waals surface area contributed by atoms with Gasteiger partial charge in [-0.25, -0.2) is 4.98 Å². The molecule has 1 aromatic heterocycles. The molecule has 1 aromatic rings. The molecule has 1 aliphatic rings. The van der Waals surface area contributed by atoms with Crippen molar-refractivity contribution >= 4 is 5.82 Å². The minimum absolute atomic E-state index is 0.340. The maximum Gasteiger partial charge on any atom is 0.417 e. The Morgan fingerprint density at radius 1 is 1.21 bits per heavy atom. The van der Waals surface area contributed by atoms with E-state index in [2.05, 4.69) is 17.2 Å². The Hall–Kier alpha value is -1.26. The van der Waals surface area contributed by atoms with Gasteiger partial charge in [0.25, 0.3) is 0 Å². The Labute approximate surface area is 111 Å². The number of nitrogens with zero attached hydrogens (tertiary/aromatic N) is 1. The number of aromatic nitrogens is 1. The normalized spacial score (nSPS) is 24.2. The molecule has 0 aliphatic heterocycles. The van der Waals surface area contributed by atoms with E-state index in [1.54, 1.807) is 0 Å². The van der Waals surface area contributed by atoms with E-state index in [0.29, 0.717) is 11.9 Å². The summed E-state index contributed by atoms with van der Waals surface area (Å²) in [5.74, 6) is 1.34. The van der Waals surface area contributed by atoms with Crippen molar-refractivity contribution in [1.29, 1.82) is 0 Å². The smallest absolute Gasteiger partial charge is 0.367 e. The molecule has 0 radical (unpaired) electrons. The predicted molar refractivity (Wildman–Crippen MR) is 68.9 cm³/mol. The van der Waals surface area contributed by atoms with Crippen LogP contribution in [-0.4, -0.2) is 11.0 Å². The van der Waals surface area contributed by atoms with Crippen molar-refractivity contribution in [3.63, 3.8) is 0 Å². The number of halogens is 3. The van der Waals surface area contributed by atoms with E-state index in [4.69, 9.17) is 0 Å². The molecule has 0 aromatic carbocycles. The topological polar surface area (TPSA) is 24.9 Å². The molecule has 0 amide bonds. The van der Waals surface area contributed by atoms with Crippen molar-refractivity contribution < 1.29 is 13.2 Å². The number of alkyl halides is 3. The second kappa shape index (κ2) is 5.80. The number of rotatable bonds is 3. The van der Waals surface area contributed by atoms with Crippen molar-refractivity contribution in [2.24, 2.45) is 5.92 Å². The first kappa shape index (κ1) is 14.2. The van der Waals surface area contributed by atoms with E-state index in [1.165, 1.54) is 25.3 Å². The Balaban J connectivity index is 1.90. The first-order valence-corrected chi connectivity index (χ1v) is 6.79. The molecule has 1 fully saturated rings. The molecule has 106 valence electrons. The summed E-state index contributed by atoms with van der Waals surface area (Å²) in [6.45, 7) is 2.20. The van der Waals surface area contributed by atoms with Crippen LogP contribution in [0.1, 0.15) is 44.6 Å². The Bertz CT molecular complexity index is 392. The molecule has 1 N–H and O–H groups in total. The molecule has 0 unspecified atom stereocenters. The van der Waals surface area contributed by atoms with E-state index >= 15 is 0 Å². The van der Waals surface area contributed by atoms with Crippen molar-refractivity contribution in [2.45, 2.75) is 51.2 Å². The summed E-state index contributed by atoms with van der Waals surface area (Å²) in [6.07, 6.45) is 2.31. The zero-order valence-electron chi connectivity index (χ0n) is 11.0. The van der Waals surface area contributed by atoms with Crippen molar-refractivity contribution in [1.82, 2.24) is 4.98 Å². The van der Waals surface area contributed by atoms with Gasteiger partial charge in [0.15, 0.2) is 0 Å². The lowest BCUT2D eigenvalue weighted by Gasteiger charge is -2.28. The fraction of sp³-hybridized carbons (Fsp3) is 0.643. The summed E-state index contributed by atoms with van der Waals surface area (Å²) in [6, 6.07) is 2.83. The highest BCUT2D eigenvalue weighted by Crippen LogP contribution is 2.30. The average Bonchev–Trinajstić information content (AvgIpc) is 2.39. The molecule has 2 rings (SSSR count). The molecule has 5 heteroatoms. The van der Waals surface area contributed by atoms with Crippen LogP contribution in [0.15, 0.2) is 18.3 Å². The van der Waals surface area contributed by atoms with Gasteiger partial charge in [0.1, 0.15) is 5.82 Å². The van der Waals surface area contributed by atoms with Crippen LogP contribution in [-0.2, 0) is 6.18 Å². The molecule has 0 spiro atoms. The van der Waals surface area contributed by atoms with E-state index in [1.807, 2.05) is 0 Å². The average molecular weight is 272 g/mol. The lowest BCUT2D eigenvalue weighted by Crippen LogP contribution is -2.26. The van der Waals surface area contributed by atoms with E-state index in [0.717, 1.165) is 31.0 Å². The highest BCUT2D eigenvalue weighted by atomic mass is 19.4. The molecule has 0 saturated heterocycles. The van der Waals surface area contributed by atoms with Gasteiger partial charge in [0, 0.05) is 12.2 Å². The van der Waals surface area contributed by atoms with E-state index in [9.17, 15) is 13.2 Å². The number of anilines is 1. The second-order valence-corrected chi connectivity index (χ2v) is 5.20. The summed E-state index contributed by atoms with van der Waals surface area (Å²) in [5, 5.41) is 3.23. The van der Waals surface area contributed by atoms with Gasteiger partial charge in [-0.3, -0.25) is 0 Å². The fourth-order valence-electron chi connectivity index (χ4n) is 2.57. The van der Waals surface area contributed by atoms with Gasteiger partial charge in [0.05, 0.1) is 5.56 Å². The zero-order valence-corrected chi connectivity index (χ0v) is 11.0. The molecule has 1 aliphatic carbocycles. The van der Waals surface area contributed by atoms with Crippen LogP contribution >= 0.6 is 0 Å². The number of nitrogens with one attached hydrogen (secondary N) is 1. The standard InChI is InChI=1S/C14H19F3N2/c1-2-10-3-6-12(7-4-10)19-13-8-5-11(9-18-13)14(15,16)17/h5,8-10,12H,2-4,6-7H2,1H3,(H,18,19). The largest absolute Gasteiger partial charge is 0.417 e. The predicted octanol–water partition coefficient (Wildman–Crippen LogP) is 4.48. The molecule has 1 heterocycles. The lowest BCUT2D eigenvalue weighted by atomic mass is 9.84. The molecule has 1 saturated carbocycles. The third kappa shape index (κ3) is 3.85. The zero-order chi connectivity index (χ0) is 13.9. The Morgan fingerprint density at radius 2 is 1.89 bits per heavy atom. The van der Waals surface area contributed by atoms with Gasteiger partial charge in [-0.05, 0) is 43.7 Å². The van der Waals surface area contributed by atoms with Gasteiger partial charge < -0.3 is 5.32 Å². The maximum absolute atomic E-state index is 12.4. The Kier molecular flexibility index (Phi) is 4.32. The highest BCUT2D eigenvalue weighted by molar-refractivity contribution is 5.37. The summed E-state index contributed by atoms with van der Waals surface area (Å²) in [7, 11) is 0. The fourth-order valence-corrected chi connectivity index (χ4v) is 2.57. The van der Waals surface area contributed by atoms with Crippen molar-refractivity contribution in [2.75, 3.05) is 5.32 Å². The summed E-state index contributed by atoms with van der Waals surface area (Å²) >= 11 is 0. The molecule has 19 heavy (non-hydrogen) atoms. The second-order valence-electron chi connectivity index (χ2n) is 5.20. The summed E-state index contributed by atoms with van der Waals surface area (Å²) in [4.78, 5) is 3.85. The quantitative estimate of drug-likeness (QED) is 0.877. The van der Waals surface area contributed by atoms with Crippen LogP contribution in [0.4, 0.5) is 19.0 Å². The van der Waals surface area contributed by atoms with Gasteiger partial charge >= 0.3 is 6.18 Å². The lowest BCUT2D eigenvalue weighted by molar-refractivity contribution is -0.137. The minimum Gasteiger partial charge on any atom is -0.367 e. The molecule has 0 bridgehead atoms. The number of hydrogen-bond acceptors (Lipinski definition) is 2. The van der Waals surface area contributed by atoms with Crippen molar-refractivity contribution in [3.05, 3.63) is 23.9 Å². The third-order valence-corrected chi connectivity index (χ3v) is 3.87. The minimum atomic E-state index is -4.31. The first-order chi connectivity index (χ1) is 8.99. The molecule has 0 atom stereocenters. The SMILES string of the molecule is CCC1CCC(Nc2ccc(C(F)(F)F)cn2)CC1. The third-order valence-electron chi connectivity index (χ3n) is 3.87. The van der Waals surface area contributed by atoms with Gasteiger partial charge in [-0.2, -0.15) is 13.2 Å². The highest BCUT2D eigenvalue weighted by Gasteiger charge is 2.30. The van der Waals surface area contributed by atoms with Gasteiger partial charge in [-0.1, -0.05) is 13.3 Å². The van der Waals surface area contributed by atoms with Crippen LogP contribution in [0.2, 0.25) is 0 Å². The number of hydrogen-bond donors (Lipinski definition) is 1. The molecule has 2 nitrogen and oxygen atoms in total. The maximum atomic E-state index is 12.4. The monoisotopic (exact) mass is 272 g/mol. The van der Waals surface area contributed by atoms with Crippen molar-refractivity contribution in [3.8, 4) is 0 Å². The van der Waals surface area contributed by atoms with Crippen LogP contribution < -0.4 is 5.32 Å². The van der Waals surface area contributed by atoms with Crippen LogP contribution in [0.25, 0.3) is 0 Å². The van der Waals surface area contributed by atoms with Gasteiger partial charge in [0.2, 0.25) is 0 Å². The number of pyridine rings is 1. The first-order valence-electron chi connectivity index (χ1n) is 6.79. The summed E-state index contributed by atoms with van der Waals surface area (Å²) < 4.78 is 37.2. The summed E-state index contributed by atoms with van der Waals surface area (Å²) in [5.41, 5.74) is -0.701. The van der Waals surface area contributed by atoms with Gasteiger partial charge in [-0.15, -0.1) is 0 Å². The van der Waals surface area contributed by atoms with Crippen LogP contribution in [0.5, 0.6) is 0 Å². The Morgan fingerprint density at radius 3 is 2.37 bits per heavy atom.